The van der Waals surface area contributed by atoms with Crippen LogP contribution in [-0.2, 0) is 42.3 Å². The molecule has 0 spiro atoms. The van der Waals surface area contributed by atoms with Crippen LogP contribution in [0.15, 0.2) is 0 Å². The molecule has 0 radical (unpaired) electrons. The Morgan fingerprint density at radius 1 is 1.70 bits per heavy atom. The predicted octanol–water partition coefficient (Wildman–Crippen LogP) is -0.729. The van der Waals surface area contributed by atoms with E-state index in [4.69, 9.17) is 0 Å². The number of carbonyl (C=O) groups is 1. The number of nitrogens with one attached hydrogen (secondary N) is 1. The van der Waals surface area contributed by atoms with Crippen molar-refractivity contribution in [3.63, 3.8) is 0 Å². The van der Waals surface area contributed by atoms with Gasteiger partial charge in [-0.2, -0.15) is 0 Å². The van der Waals surface area contributed by atoms with E-state index in [9.17, 15) is 9.59 Å². The van der Waals surface area contributed by atoms with Gasteiger partial charge in [0.05, 0.1) is 6.54 Å². The Hall–Kier alpha value is 0.404. The van der Waals surface area contributed by atoms with Gasteiger partial charge in [-0.05, 0) is 0 Å². The number of hydrogen-bond acceptors (Lipinski definition) is 3. The number of Topliss-reactive ketones (excluding diaryl/α,β-unsaturated/α-hetero) is 1. The third-order valence-electron chi connectivity index (χ3n) is 1.63. The predicted molar refractivity (Wildman–Crippen MR) is 31.7 cm³/mol. The van der Waals surface area contributed by atoms with Crippen LogP contribution in [0.3, 0.4) is 0 Å². The second-order valence-corrected chi connectivity index (χ2v) is 2.23. The summed E-state index contributed by atoms with van der Waals surface area (Å²) in [5.74, 6) is -0.0779. The fraction of sp³-hybridized carbons (Fsp3) is 0.667. The molecule has 1 fully saturated rings. The van der Waals surface area contributed by atoms with E-state index < -0.39 is 0 Å². The molecule has 3 nitrogen and oxygen atoms in total. The van der Waals surface area contributed by atoms with Gasteiger partial charge in [0.2, 0.25) is 0 Å². The van der Waals surface area contributed by atoms with Gasteiger partial charge in [-0.1, -0.05) is 13.0 Å². The first-order chi connectivity index (χ1) is 4.25. The minimum atomic E-state index is -0.363. The van der Waals surface area contributed by atoms with Crippen molar-refractivity contribution in [3.05, 3.63) is 0 Å². The van der Waals surface area contributed by atoms with E-state index in [2.05, 4.69) is 5.32 Å². The number of rotatable bonds is 1. The summed E-state index contributed by atoms with van der Waals surface area (Å²) in [7, 11) is 0. The number of ketones is 1. The molecule has 0 saturated carbocycles. The zero-order valence-electron chi connectivity index (χ0n) is 5.76. The van der Waals surface area contributed by atoms with Gasteiger partial charge in [-0.3, -0.25) is 4.79 Å². The van der Waals surface area contributed by atoms with Gasteiger partial charge >= 0.3 is 32.7 Å². The minimum absolute atomic E-state index is 0. The maximum Gasteiger partial charge on any atom is 3.00 e. The molecule has 4 heteroatoms. The molecular formula is C6H8NO2Y+2. The molecule has 0 aromatic heterocycles. The van der Waals surface area contributed by atoms with Crippen LogP contribution in [0.25, 0.3) is 0 Å². The van der Waals surface area contributed by atoms with E-state index in [1.165, 1.54) is 0 Å². The number of hydrogen-bond donors (Lipinski definition) is 1. The zero-order chi connectivity index (χ0) is 6.85. The molecule has 2 unspecified atom stereocenters. The van der Waals surface area contributed by atoms with E-state index >= 15 is 0 Å². The van der Waals surface area contributed by atoms with Crippen LogP contribution < -0.4 is 5.32 Å². The van der Waals surface area contributed by atoms with Crippen LogP contribution >= 0.6 is 0 Å². The van der Waals surface area contributed by atoms with Crippen LogP contribution in [0.1, 0.15) is 6.92 Å². The van der Waals surface area contributed by atoms with E-state index in [-0.39, 0.29) is 50.5 Å². The van der Waals surface area contributed by atoms with Gasteiger partial charge < -0.3 is 10.1 Å². The Kier molecular flexibility index (Phi) is 4.49. The Morgan fingerprint density at radius 3 is 2.50 bits per heavy atom. The van der Waals surface area contributed by atoms with Gasteiger partial charge in [0.25, 0.3) is 0 Å². The summed E-state index contributed by atoms with van der Waals surface area (Å²) in [6.07, 6.45) is 1.76. The molecule has 10 heavy (non-hydrogen) atoms. The molecule has 0 aliphatic carbocycles. The average molecular weight is 215 g/mol. The minimum Gasteiger partial charge on any atom is -0.540 e. The topological polar surface area (TPSA) is 46.2 Å². The van der Waals surface area contributed by atoms with Crippen molar-refractivity contribution in [1.29, 1.82) is 0 Å². The summed E-state index contributed by atoms with van der Waals surface area (Å²) >= 11 is 0. The van der Waals surface area contributed by atoms with Gasteiger partial charge in [0.15, 0.2) is 0 Å². The van der Waals surface area contributed by atoms with E-state index in [1.54, 1.807) is 13.2 Å². The Morgan fingerprint density at radius 2 is 2.30 bits per heavy atom. The molecular weight excluding hydrogens is 207 g/mol. The smallest absolute Gasteiger partial charge is 0.540 e. The van der Waals surface area contributed by atoms with Crippen molar-refractivity contribution < 1.29 is 42.3 Å². The summed E-state index contributed by atoms with van der Waals surface area (Å²) in [6.45, 7) is 2.05. The van der Waals surface area contributed by atoms with Crippen LogP contribution in [-0.4, -0.2) is 24.7 Å². The molecule has 1 rings (SSSR count). The number of carbonyl (C=O) groups excluding carboxylic acids is 2. The molecule has 2 atom stereocenters. The first-order valence-electron chi connectivity index (χ1n) is 2.89. The molecule has 50 valence electrons. The summed E-state index contributed by atoms with van der Waals surface area (Å²) in [5.41, 5.74) is 0. The van der Waals surface area contributed by atoms with Crippen molar-refractivity contribution in [1.82, 2.24) is 5.32 Å². The molecule has 0 aromatic carbocycles. The Balaban J connectivity index is 0.000000810. The summed E-state index contributed by atoms with van der Waals surface area (Å²) < 4.78 is 0. The fourth-order valence-corrected chi connectivity index (χ4v) is 0.878. The maximum absolute atomic E-state index is 10.7. The van der Waals surface area contributed by atoms with Crippen LogP contribution in [0.4, 0.5) is 0 Å². The van der Waals surface area contributed by atoms with Crippen molar-refractivity contribution in [2.24, 2.45) is 5.92 Å². The summed E-state index contributed by atoms with van der Waals surface area (Å²) in [4.78, 5) is 20.7. The van der Waals surface area contributed by atoms with E-state index in [0.717, 1.165) is 0 Å². The van der Waals surface area contributed by atoms with Crippen LogP contribution in [0.2, 0.25) is 0 Å². The van der Waals surface area contributed by atoms with Crippen LogP contribution in [0.5, 0.6) is 0 Å². The molecule has 1 saturated heterocycles. The monoisotopic (exact) mass is 215 g/mol. The van der Waals surface area contributed by atoms with Crippen molar-refractivity contribution in [3.8, 4) is 0 Å². The molecule has 1 aliphatic heterocycles. The van der Waals surface area contributed by atoms with Crippen LogP contribution in [0, 0.1) is 5.92 Å². The fourth-order valence-electron chi connectivity index (χ4n) is 0.878. The van der Waals surface area contributed by atoms with E-state index in [1.807, 2.05) is 0 Å². The van der Waals surface area contributed by atoms with Gasteiger partial charge in [-0.15, -0.1) is 0 Å². The third kappa shape index (κ3) is 1.94. The normalized spacial score (nSPS) is 31.5. The zero-order valence-corrected chi connectivity index (χ0v) is 8.59. The summed E-state index contributed by atoms with van der Waals surface area (Å²) in [5, 5.41) is 2.73. The second-order valence-electron chi connectivity index (χ2n) is 2.23. The SMILES string of the molecule is CC1C(=O)CNC1[C-]=O.[Y+3]. The first-order valence-corrected chi connectivity index (χ1v) is 2.89. The standard InChI is InChI=1S/C6H8NO2.Y/c1-4-5(3-8)7-2-6(4)9;/h4-5,7H,2H2,1H3;/q-1;+3. The van der Waals surface area contributed by atoms with E-state index in [0.29, 0.717) is 6.54 Å². The first kappa shape index (κ1) is 10.4. The molecule has 1 N–H and O–H groups in total. The molecule has 0 bridgehead atoms. The summed E-state index contributed by atoms with van der Waals surface area (Å²) in [6, 6.07) is -0.363. The largest absolute Gasteiger partial charge is 3.00 e. The van der Waals surface area contributed by atoms with Gasteiger partial charge in [0.1, 0.15) is 5.78 Å². The molecule has 1 heterocycles. The quantitative estimate of drug-likeness (QED) is 0.586. The average Bonchev–Trinajstić information content (AvgIpc) is 2.15. The third-order valence-corrected chi connectivity index (χ3v) is 1.63. The van der Waals surface area contributed by atoms with Gasteiger partial charge in [-0.25, -0.2) is 6.29 Å². The molecule has 0 aromatic rings. The Bertz CT molecular complexity index is 149. The molecule has 1 aliphatic rings. The molecule has 0 amide bonds. The maximum atomic E-state index is 10.7. The van der Waals surface area contributed by atoms with Crippen molar-refractivity contribution in [2.75, 3.05) is 6.54 Å². The Labute approximate surface area is 84.8 Å². The van der Waals surface area contributed by atoms with Gasteiger partial charge in [0, 0.05) is 5.92 Å². The van der Waals surface area contributed by atoms with Crippen molar-refractivity contribution >= 4 is 12.1 Å². The second kappa shape index (κ2) is 4.32. The van der Waals surface area contributed by atoms with Crippen molar-refractivity contribution in [2.45, 2.75) is 13.0 Å².